The average Bonchev–Trinajstić information content (AvgIpc) is 2.96. The fourth-order valence-corrected chi connectivity index (χ4v) is 2.68. The molecule has 3 aromatic rings. The molecule has 27 heavy (non-hydrogen) atoms. The molecule has 139 valence electrons. The second kappa shape index (κ2) is 6.47. The lowest BCUT2D eigenvalue weighted by molar-refractivity contribution is -0.142. The first-order valence-electron chi connectivity index (χ1n) is 7.71. The van der Waals surface area contributed by atoms with Crippen LogP contribution in [0.1, 0.15) is 27.2 Å². The zero-order valence-corrected chi connectivity index (χ0v) is 13.8. The van der Waals surface area contributed by atoms with Crippen LogP contribution in [0.25, 0.3) is 10.9 Å². The normalized spacial score (nSPS) is 12.4. The van der Waals surface area contributed by atoms with Crippen LogP contribution in [-0.4, -0.2) is 17.9 Å². The van der Waals surface area contributed by atoms with Crippen LogP contribution < -0.4 is 5.46 Å². The Balaban J connectivity index is 1.96. The summed E-state index contributed by atoms with van der Waals surface area (Å²) < 4.78 is 77.4. The Morgan fingerprint density at radius 1 is 0.889 bits per heavy atom. The summed E-state index contributed by atoms with van der Waals surface area (Å²) in [5.74, 6) is 0. The molecule has 0 amide bonds. The van der Waals surface area contributed by atoms with Gasteiger partial charge >= 0.3 is 12.4 Å². The van der Waals surface area contributed by atoms with E-state index in [0.717, 1.165) is 12.8 Å². The fourth-order valence-electron chi connectivity index (χ4n) is 2.68. The summed E-state index contributed by atoms with van der Waals surface area (Å²) in [7, 11) is 0.752. The predicted octanol–water partition coefficient (Wildman–Crippen LogP) is 4.68. The third-order valence-electron chi connectivity index (χ3n) is 3.95. The van der Waals surface area contributed by atoms with Crippen molar-refractivity contribution >= 4 is 29.3 Å². The number of aromatic amines is 1. The van der Waals surface area contributed by atoms with Crippen molar-refractivity contribution in [3.05, 3.63) is 64.8 Å². The Morgan fingerprint density at radius 3 is 2.04 bits per heavy atom. The second-order valence-corrected chi connectivity index (χ2v) is 6.12. The van der Waals surface area contributed by atoms with E-state index in [1.165, 1.54) is 6.07 Å². The second-order valence-electron chi connectivity index (χ2n) is 6.12. The molecule has 0 fully saturated rings. The number of halogens is 6. The van der Waals surface area contributed by atoms with Gasteiger partial charge in [0.05, 0.1) is 16.8 Å². The third kappa shape index (κ3) is 4.18. The van der Waals surface area contributed by atoms with Crippen molar-refractivity contribution in [1.29, 1.82) is 0 Å². The van der Waals surface area contributed by atoms with E-state index in [4.69, 9.17) is 0 Å². The van der Waals surface area contributed by atoms with Crippen LogP contribution >= 0.6 is 0 Å². The molecule has 0 bridgehead atoms. The molecule has 0 aliphatic rings. The van der Waals surface area contributed by atoms with Crippen LogP contribution in [0.3, 0.4) is 0 Å². The molecule has 1 N–H and O–H groups in total. The number of carbonyl (C=O) groups excluding carboxylic acids is 1. The van der Waals surface area contributed by atoms with Crippen molar-refractivity contribution in [3.63, 3.8) is 0 Å². The first-order valence-corrected chi connectivity index (χ1v) is 7.71. The van der Waals surface area contributed by atoms with Gasteiger partial charge < -0.3 is 9.78 Å². The lowest BCUT2D eigenvalue weighted by Crippen LogP contribution is -2.27. The summed E-state index contributed by atoms with van der Waals surface area (Å²) in [5, 5.41) is 0.715. The number of rotatable bonds is 3. The summed E-state index contributed by atoms with van der Waals surface area (Å²) in [6.45, 7) is 1.85. The Morgan fingerprint density at radius 2 is 1.48 bits per heavy atom. The highest BCUT2D eigenvalue weighted by Gasteiger charge is 2.37. The number of hydrogen-bond acceptors (Lipinski definition) is 1. The predicted molar refractivity (Wildman–Crippen MR) is 89.2 cm³/mol. The molecule has 1 radical (unpaired) electrons. The van der Waals surface area contributed by atoms with Crippen LogP contribution in [0.15, 0.2) is 42.5 Å². The molecule has 0 atom stereocenters. The van der Waals surface area contributed by atoms with E-state index in [1.54, 1.807) is 18.2 Å². The minimum absolute atomic E-state index is 0.0214. The number of benzene rings is 2. The van der Waals surface area contributed by atoms with Gasteiger partial charge in [-0.1, -0.05) is 29.2 Å². The smallest absolute Gasteiger partial charge is 0.353 e. The maximum Gasteiger partial charge on any atom is 0.416 e. The first kappa shape index (κ1) is 19.1. The Bertz CT molecular complexity index is 987. The zero-order chi connectivity index (χ0) is 20.0. The van der Waals surface area contributed by atoms with Crippen LogP contribution in [0.4, 0.5) is 26.3 Å². The number of alkyl halides is 6. The van der Waals surface area contributed by atoms with Crippen molar-refractivity contribution in [2.75, 3.05) is 0 Å². The molecule has 0 unspecified atom stereocenters. The van der Waals surface area contributed by atoms with Gasteiger partial charge in [-0.25, -0.2) is 0 Å². The van der Waals surface area contributed by atoms with E-state index in [9.17, 15) is 31.1 Å². The number of H-pyrrole nitrogens is 1. The summed E-state index contributed by atoms with van der Waals surface area (Å²) in [4.78, 5) is 15.1. The molecule has 0 spiro atoms. The SMILES string of the molecule is Cc1ccc2[nH]c(C(=O)[B]c3cc(C(F)(F)F)cc(C(F)(F)F)c3)cc2c1. The lowest BCUT2D eigenvalue weighted by Gasteiger charge is -2.13. The van der Waals surface area contributed by atoms with Crippen molar-refractivity contribution in [2.24, 2.45) is 0 Å². The van der Waals surface area contributed by atoms with Gasteiger partial charge in [0.1, 0.15) is 5.68 Å². The molecular formula is C18H11BF6NO. The maximum absolute atomic E-state index is 12.9. The number of carbonyl (C=O) groups is 1. The minimum atomic E-state index is -4.97. The quantitative estimate of drug-likeness (QED) is 0.518. The molecule has 3 rings (SSSR count). The highest BCUT2D eigenvalue weighted by atomic mass is 19.4. The van der Waals surface area contributed by atoms with Gasteiger partial charge in [0, 0.05) is 10.9 Å². The number of fused-ring (bicyclic) bond motifs is 1. The third-order valence-corrected chi connectivity index (χ3v) is 3.95. The molecular weight excluding hydrogens is 371 g/mol. The molecule has 1 heterocycles. The summed E-state index contributed by atoms with van der Waals surface area (Å²) in [6.07, 6.45) is -9.93. The lowest BCUT2D eigenvalue weighted by atomic mass is 9.64. The van der Waals surface area contributed by atoms with E-state index in [1.807, 2.05) is 6.92 Å². The first-order chi connectivity index (χ1) is 12.4. The fraction of sp³-hybridized carbons (Fsp3) is 0.167. The van der Waals surface area contributed by atoms with Gasteiger partial charge in [0.25, 0.3) is 0 Å². The molecule has 0 saturated carbocycles. The van der Waals surface area contributed by atoms with E-state index in [0.29, 0.717) is 23.0 Å². The maximum atomic E-state index is 12.9. The topological polar surface area (TPSA) is 32.9 Å². The average molecular weight is 382 g/mol. The molecule has 2 nitrogen and oxygen atoms in total. The number of nitrogens with one attached hydrogen (secondary N) is 1. The summed E-state index contributed by atoms with van der Waals surface area (Å²) in [6, 6.07) is 7.88. The monoisotopic (exact) mass is 382 g/mol. The Hall–Kier alpha value is -2.71. The largest absolute Gasteiger partial charge is 0.416 e. The molecule has 0 saturated heterocycles. The molecule has 0 aliphatic carbocycles. The van der Waals surface area contributed by atoms with E-state index in [-0.39, 0.29) is 11.8 Å². The van der Waals surface area contributed by atoms with Gasteiger partial charge in [-0.05, 0) is 31.2 Å². The van der Waals surface area contributed by atoms with Gasteiger partial charge in [0.2, 0.25) is 7.28 Å². The van der Waals surface area contributed by atoms with Crippen LogP contribution in [-0.2, 0) is 12.4 Å². The van der Waals surface area contributed by atoms with Crippen molar-refractivity contribution in [3.8, 4) is 0 Å². The minimum Gasteiger partial charge on any atom is -0.353 e. The standard InChI is InChI=1S/C18H11BF6NO/c1-9-2-3-14-10(4-9)5-15(26-14)16(27)19-13-7-11(17(20,21)22)6-12(8-13)18(23,24)25/h2-8,26H,1H3. The van der Waals surface area contributed by atoms with Gasteiger partial charge in [0.15, 0.2) is 0 Å². The molecule has 0 aliphatic heterocycles. The number of hydrogen-bond donors (Lipinski definition) is 1. The van der Waals surface area contributed by atoms with Crippen molar-refractivity contribution in [1.82, 2.24) is 4.98 Å². The van der Waals surface area contributed by atoms with Gasteiger partial charge in [-0.3, -0.25) is 0 Å². The van der Waals surface area contributed by atoms with E-state index < -0.39 is 34.6 Å². The van der Waals surface area contributed by atoms with E-state index in [2.05, 4.69) is 4.98 Å². The summed E-state index contributed by atoms with van der Waals surface area (Å²) in [5.41, 5.74) is -2.49. The molecule has 2 aromatic carbocycles. The van der Waals surface area contributed by atoms with Gasteiger partial charge in [-0.15, -0.1) is 0 Å². The Labute approximate surface area is 150 Å². The van der Waals surface area contributed by atoms with Crippen LogP contribution in [0.5, 0.6) is 0 Å². The number of aromatic nitrogens is 1. The van der Waals surface area contributed by atoms with Crippen molar-refractivity contribution < 1.29 is 31.1 Å². The number of aryl methyl sites for hydroxylation is 1. The Kier molecular flexibility index (Phi) is 4.57. The highest BCUT2D eigenvalue weighted by molar-refractivity contribution is 6.86. The molecule has 1 aromatic heterocycles. The van der Waals surface area contributed by atoms with Crippen molar-refractivity contribution in [2.45, 2.75) is 19.3 Å². The highest BCUT2D eigenvalue weighted by Crippen LogP contribution is 2.34. The van der Waals surface area contributed by atoms with Crippen LogP contribution in [0, 0.1) is 6.92 Å². The zero-order valence-electron chi connectivity index (χ0n) is 13.8. The van der Waals surface area contributed by atoms with E-state index >= 15 is 0 Å². The van der Waals surface area contributed by atoms with Gasteiger partial charge in [-0.2, -0.15) is 26.3 Å². The van der Waals surface area contributed by atoms with Crippen LogP contribution in [0.2, 0.25) is 0 Å². The summed E-state index contributed by atoms with van der Waals surface area (Å²) >= 11 is 0. The molecule has 9 heteroatoms.